The van der Waals surface area contributed by atoms with Crippen LogP contribution in [0.15, 0.2) is 41.2 Å². The summed E-state index contributed by atoms with van der Waals surface area (Å²) in [7, 11) is 0. The first-order valence-corrected chi connectivity index (χ1v) is 10.8. The minimum absolute atomic E-state index is 0.0815. The highest BCUT2D eigenvalue weighted by atomic mass is 16.5. The first kappa shape index (κ1) is 21.2. The molecule has 2 aliphatic rings. The van der Waals surface area contributed by atoms with Crippen molar-refractivity contribution in [3.63, 3.8) is 0 Å². The van der Waals surface area contributed by atoms with Crippen LogP contribution in [0.1, 0.15) is 42.6 Å². The van der Waals surface area contributed by atoms with Gasteiger partial charge in [0.15, 0.2) is 6.61 Å². The Hall–Kier alpha value is -3.04. The number of aryl methyl sites for hydroxylation is 1. The molecule has 2 fully saturated rings. The van der Waals surface area contributed by atoms with Crippen molar-refractivity contribution in [3.05, 3.63) is 63.6 Å². The fraction of sp³-hybridized carbons (Fsp3) is 0.440. The van der Waals surface area contributed by atoms with E-state index in [-0.39, 0.29) is 24.1 Å². The largest absolute Gasteiger partial charge is 0.484 e. The quantitative estimate of drug-likeness (QED) is 0.698. The molecule has 162 valence electrons. The standard InChI is InChI=1S/C25H28N2O4/c1-18-15-23(31-17-25(29)26-11-13-30-14-12-26)16-24(28)27(18)19(2)22-9-7-21(8-10-22)6-5-20-3-4-20/h7-10,15-16,19-20H,3-4,11-14,17H2,1-2H3/t19-/m1/s1. The zero-order valence-corrected chi connectivity index (χ0v) is 18.1. The Kier molecular flexibility index (Phi) is 6.43. The van der Waals surface area contributed by atoms with Crippen molar-refractivity contribution in [3.8, 4) is 17.6 Å². The average Bonchev–Trinajstić information content (AvgIpc) is 3.61. The van der Waals surface area contributed by atoms with Crippen LogP contribution in [0, 0.1) is 24.7 Å². The van der Waals surface area contributed by atoms with Crippen molar-refractivity contribution in [1.29, 1.82) is 0 Å². The van der Waals surface area contributed by atoms with E-state index < -0.39 is 0 Å². The molecule has 1 aromatic carbocycles. The smallest absolute Gasteiger partial charge is 0.260 e. The molecule has 0 N–H and O–H groups in total. The molecule has 0 radical (unpaired) electrons. The van der Waals surface area contributed by atoms with Gasteiger partial charge in [0, 0.05) is 36.3 Å². The molecule has 1 aliphatic carbocycles. The molecule has 4 rings (SSSR count). The topological polar surface area (TPSA) is 60.8 Å². The number of morpholine rings is 1. The van der Waals surface area contributed by atoms with Crippen LogP contribution in [0.5, 0.6) is 5.75 Å². The van der Waals surface area contributed by atoms with E-state index in [0.29, 0.717) is 38.0 Å². The molecule has 1 amide bonds. The maximum absolute atomic E-state index is 12.8. The minimum atomic E-state index is -0.154. The van der Waals surface area contributed by atoms with Crippen LogP contribution in [0.2, 0.25) is 0 Å². The van der Waals surface area contributed by atoms with Gasteiger partial charge in [0.1, 0.15) is 5.75 Å². The normalized spacial score (nSPS) is 16.9. The second kappa shape index (κ2) is 9.40. The third kappa shape index (κ3) is 5.36. The molecule has 31 heavy (non-hydrogen) atoms. The Labute approximate surface area is 182 Å². The fourth-order valence-corrected chi connectivity index (χ4v) is 3.72. The van der Waals surface area contributed by atoms with E-state index >= 15 is 0 Å². The molecule has 0 unspecified atom stereocenters. The number of ether oxygens (including phenoxy) is 2. The van der Waals surface area contributed by atoms with Gasteiger partial charge in [0.05, 0.1) is 19.3 Å². The maximum Gasteiger partial charge on any atom is 0.260 e. The van der Waals surface area contributed by atoms with E-state index in [1.165, 1.54) is 18.9 Å². The van der Waals surface area contributed by atoms with E-state index in [2.05, 4.69) is 11.8 Å². The number of amides is 1. The van der Waals surface area contributed by atoms with Gasteiger partial charge in [-0.25, -0.2) is 0 Å². The highest BCUT2D eigenvalue weighted by molar-refractivity contribution is 5.77. The SMILES string of the molecule is Cc1cc(OCC(=O)N2CCOCC2)cc(=O)n1[C@H](C)c1ccc(C#CC2CC2)cc1. The van der Waals surface area contributed by atoms with Gasteiger partial charge in [-0.3, -0.25) is 9.59 Å². The molecule has 0 bridgehead atoms. The number of nitrogens with zero attached hydrogens (tertiary/aromatic N) is 2. The molecule has 6 nitrogen and oxygen atoms in total. The first-order valence-electron chi connectivity index (χ1n) is 10.8. The van der Waals surface area contributed by atoms with E-state index in [4.69, 9.17) is 9.47 Å². The number of pyridine rings is 1. The summed E-state index contributed by atoms with van der Waals surface area (Å²) in [5, 5.41) is 0. The van der Waals surface area contributed by atoms with Gasteiger partial charge in [-0.15, -0.1) is 0 Å². The summed E-state index contributed by atoms with van der Waals surface area (Å²) in [5.74, 6) is 7.38. The van der Waals surface area contributed by atoms with Gasteiger partial charge in [-0.2, -0.15) is 0 Å². The van der Waals surface area contributed by atoms with Crippen molar-refractivity contribution in [2.75, 3.05) is 32.9 Å². The van der Waals surface area contributed by atoms with Crippen LogP contribution < -0.4 is 10.3 Å². The number of carbonyl (C=O) groups is 1. The highest BCUT2D eigenvalue weighted by Crippen LogP contribution is 2.27. The third-order valence-electron chi connectivity index (χ3n) is 5.74. The summed E-state index contributed by atoms with van der Waals surface area (Å²) < 4.78 is 12.6. The summed E-state index contributed by atoms with van der Waals surface area (Å²) in [4.78, 5) is 26.8. The van der Waals surface area contributed by atoms with Crippen LogP contribution >= 0.6 is 0 Å². The lowest BCUT2D eigenvalue weighted by Gasteiger charge is -2.26. The van der Waals surface area contributed by atoms with E-state index in [0.717, 1.165) is 16.8 Å². The maximum atomic E-state index is 12.8. The average molecular weight is 421 g/mol. The number of rotatable bonds is 5. The third-order valence-corrected chi connectivity index (χ3v) is 5.74. The first-order chi connectivity index (χ1) is 15.0. The molecular weight excluding hydrogens is 392 g/mol. The van der Waals surface area contributed by atoms with Crippen molar-refractivity contribution in [1.82, 2.24) is 9.47 Å². The monoisotopic (exact) mass is 420 g/mol. The summed E-state index contributed by atoms with van der Waals surface area (Å²) >= 11 is 0. The van der Waals surface area contributed by atoms with Crippen molar-refractivity contribution in [2.45, 2.75) is 32.7 Å². The number of benzene rings is 1. The summed E-state index contributed by atoms with van der Waals surface area (Å²) in [5.41, 5.74) is 2.67. The lowest BCUT2D eigenvalue weighted by molar-refractivity contribution is -0.137. The van der Waals surface area contributed by atoms with Gasteiger partial charge >= 0.3 is 0 Å². The van der Waals surface area contributed by atoms with Gasteiger partial charge in [-0.1, -0.05) is 24.0 Å². The van der Waals surface area contributed by atoms with Crippen LogP contribution in [0.4, 0.5) is 0 Å². The number of carbonyl (C=O) groups excluding carboxylic acids is 1. The lowest BCUT2D eigenvalue weighted by atomic mass is 10.1. The number of hydrogen-bond donors (Lipinski definition) is 0. The van der Waals surface area contributed by atoms with Crippen molar-refractivity contribution >= 4 is 5.91 Å². The predicted octanol–water partition coefficient (Wildman–Crippen LogP) is 2.77. The molecule has 1 saturated heterocycles. The van der Waals surface area contributed by atoms with Crippen LogP contribution in [-0.2, 0) is 9.53 Å². The Balaban J connectivity index is 1.43. The molecule has 1 saturated carbocycles. The second-order valence-corrected chi connectivity index (χ2v) is 8.16. The van der Waals surface area contributed by atoms with Gasteiger partial charge < -0.3 is 18.9 Å². The Morgan fingerprint density at radius 2 is 1.90 bits per heavy atom. The van der Waals surface area contributed by atoms with E-state index in [9.17, 15) is 9.59 Å². The Bertz CT molecular complexity index is 1050. The zero-order valence-electron chi connectivity index (χ0n) is 18.1. The van der Waals surface area contributed by atoms with Gasteiger partial charge in [0.25, 0.3) is 11.5 Å². The Morgan fingerprint density at radius 1 is 1.19 bits per heavy atom. The predicted molar refractivity (Wildman–Crippen MR) is 118 cm³/mol. The van der Waals surface area contributed by atoms with E-state index in [1.807, 2.05) is 38.1 Å². The molecular formula is C25H28N2O4. The van der Waals surface area contributed by atoms with Crippen LogP contribution in [0.3, 0.4) is 0 Å². The fourth-order valence-electron chi connectivity index (χ4n) is 3.72. The molecule has 1 aliphatic heterocycles. The molecule has 0 spiro atoms. The van der Waals surface area contributed by atoms with E-state index in [1.54, 1.807) is 15.5 Å². The summed E-state index contributed by atoms with van der Waals surface area (Å²) in [6.07, 6.45) is 2.43. The highest BCUT2D eigenvalue weighted by Gasteiger charge is 2.19. The van der Waals surface area contributed by atoms with Crippen molar-refractivity contribution < 1.29 is 14.3 Å². The molecule has 1 aromatic heterocycles. The van der Waals surface area contributed by atoms with Crippen LogP contribution in [0.25, 0.3) is 0 Å². The zero-order chi connectivity index (χ0) is 21.8. The number of hydrogen-bond acceptors (Lipinski definition) is 4. The Morgan fingerprint density at radius 3 is 2.55 bits per heavy atom. The molecule has 2 aromatic rings. The minimum Gasteiger partial charge on any atom is -0.484 e. The second-order valence-electron chi connectivity index (χ2n) is 8.16. The molecule has 1 atom stereocenters. The van der Waals surface area contributed by atoms with Crippen molar-refractivity contribution in [2.24, 2.45) is 5.92 Å². The molecule has 2 heterocycles. The lowest BCUT2D eigenvalue weighted by Crippen LogP contribution is -2.43. The summed E-state index contributed by atoms with van der Waals surface area (Å²) in [6.45, 7) is 6.05. The summed E-state index contributed by atoms with van der Waals surface area (Å²) in [6, 6.07) is 11.2. The van der Waals surface area contributed by atoms with Crippen LogP contribution in [-0.4, -0.2) is 48.3 Å². The van der Waals surface area contributed by atoms with Gasteiger partial charge in [0.2, 0.25) is 0 Å². The molecule has 6 heteroatoms. The number of aromatic nitrogens is 1. The van der Waals surface area contributed by atoms with Gasteiger partial charge in [-0.05, 0) is 50.5 Å².